The van der Waals surface area contributed by atoms with Gasteiger partial charge in [0.25, 0.3) is 0 Å². The summed E-state index contributed by atoms with van der Waals surface area (Å²) >= 11 is 0. The fourth-order valence-corrected chi connectivity index (χ4v) is 5.24. The number of ether oxygens (including phenoxy) is 3. The molecule has 2 aromatic carbocycles. The van der Waals surface area contributed by atoms with Crippen molar-refractivity contribution < 1.29 is 33.7 Å². The molecule has 10 nitrogen and oxygen atoms in total. The van der Waals surface area contributed by atoms with Crippen molar-refractivity contribution in [3.63, 3.8) is 0 Å². The summed E-state index contributed by atoms with van der Waals surface area (Å²) in [6.07, 6.45) is 0.199. The van der Waals surface area contributed by atoms with Gasteiger partial charge in [-0.15, -0.1) is 6.58 Å². The van der Waals surface area contributed by atoms with Gasteiger partial charge >= 0.3 is 12.1 Å². The predicted molar refractivity (Wildman–Crippen MR) is 147 cm³/mol. The van der Waals surface area contributed by atoms with Crippen molar-refractivity contribution in [3.05, 3.63) is 67.3 Å². The Bertz CT molecular complexity index is 1460. The summed E-state index contributed by atoms with van der Waals surface area (Å²) in [6.45, 7) is 5.56. The van der Waals surface area contributed by atoms with Crippen LogP contribution in [0.25, 0.3) is 22.2 Å². The number of hydrogen-bond acceptors (Lipinski definition) is 7. The topological polar surface area (TPSA) is 127 Å². The number of amides is 2. The number of carbonyl (C=O) groups excluding carboxylic acids is 2. The summed E-state index contributed by atoms with van der Waals surface area (Å²) in [4.78, 5) is 44.0. The molecule has 1 saturated carbocycles. The second-order valence-corrected chi connectivity index (χ2v) is 9.91. The van der Waals surface area contributed by atoms with Gasteiger partial charge in [-0.1, -0.05) is 36.4 Å². The Hall–Kier alpha value is -4.60. The molecular weight excluding hydrogens is 514 g/mol. The summed E-state index contributed by atoms with van der Waals surface area (Å²) in [5, 5.41) is 13.4. The van der Waals surface area contributed by atoms with Gasteiger partial charge in [-0.2, -0.15) is 0 Å². The van der Waals surface area contributed by atoms with Gasteiger partial charge in [0.05, 0.1) is 31.5 Å². The standard InChI is InChI=1S/C30H31N3O7/c1-4-19-16-30(19,28(35)39-5-2)32-27(34)25-14-21(17-33(25)29(36)37)40-26-15-23(18-9-7-6-8-10-18)31-24-13-20(38-3)11-12-22(24)26/h4,6-13,15,19,21,25H,1,5,14,16-17H2,2-3H3,(H,32,34)(H,36,37). The highest BCUT2D eigenvalue weighted by Crippen LogP contribution is 2.45. The van der Waals surface area contributed by atoms with Gasteiger partial charge in [-0.25, -0.2) is 14.6 Å². The highest BCUT2D eigenvalue weighted by atomic mass is 16.5. The number of nitrogens with zero attached hydrogens (tertiary/aromatic N) is 2. The first kappa shape index (κ1) is 27.0. The van der Waals surface area contributed by atoms with E-state index in [1.807, 2.05) is 48.5 Å². The zero-order valence-corrected chi connectivity index (χ0v) is 22.3. The second-order valence-electron chi connectivity index (χ2n) is 9.91. The number of rotatable bonds is 9. The first-order valence-electron chi connectivity index (χ1n) is 13.1. The smallest absolute Gasteiger partial charge is 0.408 e. The van der Waals surface area contributed by atoms with Crippen molar-refractivity contribution in [2.45, 2.75) is 37.5 Å². The molecule has 0 bridgehead atoms. The number of nitrogens with one attached hydrogen (secondary N) is 1. The van der Waals surface area contributed by atoms with E-state index in [2.05, 4.69) is 11.9 Å². The van der Waals surface area contributed by atoms with E-state index in [1.165, 1.54) is 0 Å². The Kier molecular flexibility index (Phi) is 7.34. The second kappa shape index (κ2) is 10.9. The molecule has 1 aliphatic carbocycles. The van der Waals surface area contributed by atoms with Crippen LogP contribution in [0.4, 0.5) is 4.79 Å². The van der Waals surface area contributed by atoms with E-state index in [1.54, 1.807) is 26.2 Å². The first-order valence-corrected chi connectivity index (χ1v) is 13.1. The lowest BCUT2D eigenvalue weighted by atomic mass is 10.1. The molecule has 4 atom stereocenters. The molecule has 0 radical (unpaired) electrons. The van der Waals surface area contributed by atoms with Crippen molar-refractivity contribution in [3.8, 4) is 22.8 Å². The lowest BCUT2D eigenvalue weighted by Crippen LogP contribution is -2.53. The van der Waals surface area contributed by atoms with Crippen LogP contribution in [0.5, 0.6) is 11.5 Å². The van der Waals surface area contributed by atoms with Crippen LogP contribution < -0.4 is 14.8 Å². The molecule has 40 heavy (non-hydrogen) atoms. The molecule has 1 saturated heterocycles. The van der Waals surface area contributed by atoms with E-state index in [9.17, 15) is 19.5 Å². The molecule has 10 heteroatoms. The largest absolute Gasteiger partial charge is 0.497 e. The van der Waals surface area contributed by atoms with E-state index in [-0.39, 0.29) is 25.5 Å². The van der Waals surface area contributed by atoms with Gasteiger partial charge in [-0.05, 0) is 25.5 Å². The number of carboxylic acid groups (broad SMARTS) is 1. The molecular formula is C30H31N3O7. The molecule has 2 amide bonds. The van der Waals surface area contributed by atoms with Crippen LogP contribution in [0.1, 0.15) is 19.8 Å². The molecule has 3 aromatic rings. The van der Waals surface area contributed by atoms with Crippen LogP contribution >= 0.6 is 0 Å². The fraction of sp³-hybridized carbons (Fsp3) is 0.333. The summed E-state index contributed by atoms with van der Waals surface area (Å²) in [5.41, 5.74) is 1.000. The van der Waals surface area contributed by atoms with Gasteiger partial charge < -0.3 is 24.6 Å². The number of fused-ring (bicyclic) bond motifs is 1. The molecule has 0 spiro atoms. The molecule has 1 aromatic heterocycles. The molecule has 2 heterocycles. The van der Waals surface area contributed by atoms with Crippen LogP contribution in [-0.4, -0.2) is 70.9 Å². The maximum atomic E-state index is 13.4. The average molecular weight is 546 g/mol. The van der Waals surface area contributed by atoms with Gasteiger partial charge in [0.1, 0.15) is 29.2 Å². The molecule has 4 unspecified atom stereocenters. The van der Waals surface area contributed by atoms with Crippen LogP contribution in [0.2, 0.25) is 0 Å². The lowest BCUT2D eigenvalue weighted by Gasteiger charge is -2.23. The quantitative estimate of drug-likeness (QED) is 0.305. The summed E-state index contributed by atoms with van der Waals surface area (Å²) in [6, 6.07) is 15.8. The molecule has 2 fully saturated rings. The normalized spacial score (nSPS) is 23.4. The number of benzene rings is 2. The number of esters is 1. The first-order chi connectivity index (χ1) is 19.3. The number of carbonyl (C=O) groups is 3. The van der Waals surface area contributed by atoms with E-state index in [4.69, 9.17) is 19.2 Å². The summed E-state index contributed by atoms with van der Waals surface area (Å²) in [5.74, 6) is -0.244. The minimum absolute atomic E-state index is 0.0225. The van der Waals surface area contributed by atoms with Crippen LogP contribution in [0.15, 0.2) is 67.3 Å². The third kappa shape index (κ3) is 5.04. The van der Waals surface area contributed by atoms with Gasteiger partial charge in [0, 0.05) is 35.4 Å². The van der Waals surface area contributed by atoms with Gasteiger partial charge in [0.15, 0.2) is 0 Å². The maximum Gasteiger partial charge on any atom is 0.408 e. The SMILES string of the molecule is C=CC1CC1(NC(=O)C1CC(Oc2cc(-c3ccccc3)nc3cc(OC)ccc23)CN1C(=O)O)C(=O)OCC. The van der Waals surface area contributed by atoms with Crippen molar-refractivity contribution in [2.75, 3.05) is 20.3 Å². The molecule has 1 aliphatic heterocycles. The van der Waals surface area contributed by atoms with Crippen LogP contribution in [-0.2, 0) is 14.3 Å². The zero-order valence-electron chi connectivity index (χ0n) is 22.3. The number of methoxy groups -OCH3 is 1. The Morgan fingerprint density at radius 1 is 1.20 bits per heavy atom. The number of likely N-dealkylation sites (tertiary alicyclic amines) is 1. The van der Waals surface area contributed by atoms with Gasteiger partial charge in [0.2, 0.25) is 5.91 Å². The van der Waals surface area contributed by atoms with Crippen LogP contribution in [0, 0.1) is 5.92 Å². The van der Waals surface area contributed by atoms with Crippen molar-refractivity contribution in [2.24, 2.45) is 5.92 Å². The minimum atomic E-state index is -1.25. The number of pyridine rings is 1. The van der Waals surface area contributed by atoms with Crippen molar-refractivity contribution in [1.82, 2.24) is 15.2 Å². The third-order valence-electron chi connectivity index (χ3n) is 7.44. The fourth-order valence-electron chi connectivity index (χ4n) is 5.24. The summed E-state index contributed by atoms with van der Waals surface area (Å²) < 4.78 is 16.9. The molecule has 5 rings (SSSR count). The maximum absolute atomic E-state index is 13.4. The zero-order chi connectivity index (χ0) is 28.4. The number of hydrogen-bond donors (Lipinski definition) is 2. The van der Waals surface area contributed by atoms with E-state index >= 15 is 0 Å². The average Bonchev–Trinajstić information content (AvgIpc) is 3.51. The summed E-state index contributed by atoms with van der Waals surface area (Å²) in [7, 11) is 1.58. The number of aromatic nitrogens is 1. The minimum Gasteiger partial charge on any atom is -0.497 e. The third-order valence-corrected chi connectivity index (χ3v) is 7.44. The Labute approximate surface area is 231 Å². The van der Waals surface area contributed by atoms with E-state index in [0.717, 1.165) is 15.8 Å². The monoisotopic (exact) mass is 545 g/mol. The predicted octanol–water partition coefficient (Wildman–Crippen LogP) is 4.03. The Balaban J connectivity index is 1.42. The van der Waals surface area contributed by atoms with Gasteiger partial charge in [-0.3, -0.25) is 9.69 Å². The van der Waals surface area contributed by atoms with Crippen molar-refractivity contribution in [1.29, 1.82) is 0 Å². The van der Waals surface area contributed by atoms with E-state index in [0.29, 0.717) is 29.1 Å². The molecule has 208 valence electrons. The van der Waals surface area contributed by atoms with E-state index < -0.39 is 35.7 Å². The highest BCUT2D eigenvalue weighted by molar-refractivity contribution is 5.95. The molecule has 2 aliphatic rings. The molecule has 2 N–H and O–H groups in total. The Morgan fingerprint density at radius 3 is 2.62 bits per heavy atom. The highest BCUT2D eigenvalue weighted by Gasteiger charge is 2.62. The van der Waals surface area contributed by atoms with Crippen LogP contribution in [0.3, 0.4) is 0 Å². The Morgan fingerprint density at radius 2 is 1.98 bits per heavy atom. The lowest BCUT2D eigenvalue weighted by molar-refractivity contribution is -0.149. The van der Waals surface area contributed by atoms with Crippen molar-refractivity contribution >= 4 is 28.9 Å².